The second-order valence-corrected chi connectivity index (χ2v) is 7.07. The Morgan fingerprint density at radius 1 is 1.04 bits per heavy atom. The molecule has 0 aliphatic carbocycles. The molecule has 0 aliphatic heterocycles. The number of amides is 2. The van der Waals surface area contributed by atoms with Crippen LogP contribution in [0.2, 0.25) is 10.0 Å². The van der Waals surface area contributed by atoms with E-state index >= 15 is 0 Å². The van der Waals surface area contributed by atoms with Gasteiger partial charge in [-0.05, 0) is 24.6 Å². The number of hydrogen-bond donors (Lipinski definition) is 2. The maximum Gasteiger partial charge on any atom is 0.319 e. The van der Waals surface area contributed by atoms with Gasteiger partial charge in [0.05, 0.1) is 36.6 Å². The van der Waals surface area contributed by atoms with E-state index in [0.717, 1.165) is 4.47 Å². The second-order valence-electron chi connectivity index (χ2n) is 5.34. The van der Waals surface area contributed by atoms with Crippen molar-refractivity contribution in [2.75, 3.05) is 32.7 Å². The second kappa shape index (κ2) is 10.5. The van der Waals surface area contributed by atoms with Crippen molar-refractivity contribution in [1.29, 1.82) is 0 Å². The molecule has 2 amide bonds. The number of rotatable bonds is 8. The summed E-state index contributed by atoms with van der Waals surface area (Å²) in [5, 5.41) is 6.37. The standard InChI is InChI=1S/C18H19BrCl2N2O4/c1-25-16-10-14(17(26-2)9-13(16)21)23-18(24)22-6-3-7-27-15-5-4-11(19)8-12(15)20/h4-5,8-10H,3,6-7H2,1-2H3,(H2,22,23,24). The molecule has 2 aromatic carbocycles. The summed E-state index contributed by atoms with van der Waals surface area (Å²) < 4.78 is 16.8. The van der Waals surface area contributed by atoms with Crippen molar-refractivity contribution in [3.8, 4) is 17.2 Å². The summed E-state index contributed by atoms with van der Waals surface area (Å²) in [6, 6.07) is 8.19. The predicted molar refractivity (Wildman–Crippen MR) is 111 cm³/mol. The van der Waals surface area contributed by atoms with Crippen LogP contribution in [0.1, 0.15) is 6.42 Å². The third kappa shape index (κ3) is 6.37. The van der Waals surface area contributed by atoms with Crippen LogP contribution in [0, 0.1) is 0 Å². The zero-order chi connectivity index (χ0) is 19.8. The van der Waals surface area contributed by atoms with E-state index < -0.39 is 0 Å². The molecule has 9 heteroatoms. The Balaban J connectivity index is 1.79. The fourth-order valence-corrected chi connectivity index (χ4v) is 3.13. The summed E-state index contributed by atoms with van der Waals surface area (Å²) >= 11 is 15.5. The van der Waals surface area contributed by atoms with Gasteiger partial charge in [0, 0.05) is 23.2 Å². The zero-order valence-electron chi connectivity index (χ0n) is 14.8. The van der Waals surface area contributed by atoms with Gasteiger partial charge in [0.25, 0.3) is 0 Å². The first-order valence-electron chi connectivity index (χ1n) is 7.98. The molecule has 0 atom stereocenters. The minimum atomic E-state index is -0.376. The number of ether oxygens (including phenoxy) is 3. The zero-order valence-corrected chi connectivity index (χ0v) is 17.9. The highest BCUT2D eigenvalue weighted by molar-refractivity contribution is 9.10. The number of urea groups is 1. The van der Waals surface area contributed by atoms with Crippen LogP contribution in [-0.4, -0.2) is 33.4 Å². The largest absolute Gasteiger partial charge is 0.495 e. The molecule has 0 fully saturated rings. The smallest absolute Gasteiger partial charge is 0.319 e. The predicted octanol–water partition coefficient (Wildman–Crippen LogP) is 5.36. The summed E-state index contributed by atoms with van der Waals surface area (Å²) in [5.74, 6) is 1.47. The van der Waals surface area contributed by atoms with Crippen LogP contribution < -0.4 is 24.8 Å². The molecule has 2 N–H and O–H groups in total. The SMILES string of the molecule is COc1cc(NC(=O)NCCCOc2ccc(Br)cc2Cl)c(OC)cc1Cl. The van der Waals surface area contributed by atoms with E-state index in [9.17, 15) is 4.79 Å². The molecule has 0 bridgehead atoms. The van der Waals surface area contributed by atoms with Gasteiger partial charge in [-0.15, -0.1) is 0 Å². The monoisotopic (exact) mass is 476 g/mol. The van der Waals surface area contributed by atoms with E-state index in [2.05, 4.69) is 26.6 Å². The quantitative estimate of drug-likeness (QED) is 0.502. The Morgan fingerprint density at radius 3 is 2.41 bits per heavy atom. The first-order valence-corrected chi connectivity index (χ1v) is 9.53. The van der Waals surface area contributed by atoms with Gasteiger partial charge < -0.3 is 24.8 Å². The molecule has 0 saturated carbocycles. The van der Waals surface area contributed by atoms with Crippen molar-refractivity contribution < 1.29 is 19.0 Å². The van der Waals surface area contributed by atoms with Gasteiger partial charge >= 0.3 is 6.03 Å². The lowest BCUT2D eigenvalue weighted by Gasteiger charge is -2.14. The van der Waals surface area contributed by atoms with Crippen molar-refractivity contribution in [3.63, 3.8) is 0 Å². The van der Waals surface area contributed by atoms with Crippen molar-refractivity contribution in [2.45, 2.75) is 6.42 Å². The summed E-state index contributed by atoms with van der Waals surface area (Å²) in [6.45, 7) is 0.840. The summed E-state index contributed by atoms with van der Waals surface area (Å²) in [6.07, 6.45) is 0.612. The van der Waals surface area contributed by atoms with Crippen molar-refractivity contribution in [2.24, 2.45) is 0 Å². The number of carbonyl (C=O) groups is 1. The highest BCUT2D eigenvalue weighted by atomic mass is 79.9. The molecule has 0 aromatic heterocycles. The molecule has 0 aliphatic rings. The molecule has 0 heterocycles. The third-order valence-corrected chi connectivity index (χ3v) is 4.56. The molecule has 0 radical (unpaired) electrons. The van der Waals surface area contributed by atoms with E-state index in [1.54, 1.807) is 24.3 Å². The maximum atomic E-state index is 12.1. The van der Waals surface area contributed by atoms with Crippen molar-refractivity contribution in [1.82, 2.24) is 5.32 Å². The van der Waals surface area contributed by atoms with Gasteiger partial charge in [0.15, 0.2) is 0 Å². The minimum Gasteiger partial charge on any atom is -0.495 e. The maximum absolute atomic E-state index is 12.1. The topological polar surface area (TPSA) is 68.8 Å². The summed E-state index contributed by atoms with van der Waals surface area (Å²) in [5.41, 5.74) is 0.453. The number of nitrogens with one attached hydrogen (secondary N) is 2. The number of halogens is 3. The normalized spacial score (nSPS) is 10.3. The first-order chi connectivity index (χ1) is 12.9. The van der Waals surface area contributed by atoms with E-state index in [4.69, 9.17) is 37.4 Å². The first kappa shape index (κ1) is 21.5. The molecule has 2 aromatic rings. The van der Waals surface area contributed by atoms with E-state index in [1.807, 2.05) is 6.07 Å². The molecule has 27 heavy (non-hydrogen) atoms. The lowest BCUT2D eigenvalue weighted by atomic mass is 10.2. The Morgan fingerprint density at radius 2 is 1.74 bits per heavy atom. The number of benzene rings is 2. The molecule has 2 rings (SSSR count). The van der Waals surface area contributed by atoms with Gasteiger partial charge in [-0.3, -0.25) is 0 Å². The Hall–Kier alpha value is -1.83. The Kier molecular flexibility index (Phi) is 8.34. The lowest BCUT2D eigenvalue weighted by Crippen LogP contribution is -2.30. The average molecular weight is 478 g/mol. The molecule has 0 unspecified atom stereocenters. The van der Waals surface area contributed by atoms with Crippen molar-refractivity contribution >= 4 is 50.9 Å². The van der Waals surface area contributed by atoms with Crippen LogP contribution in [0.3, 0.4) is 0 Å². The van der Waals surface area contributed by atoms with Gasteiger partial charge in [0.2, 0.25) is 0 Å². The van der Waals surface area contributed by atoms with Crippen LogP contribution >= 0.6 is 39.1 Å². The van der Waals surface area contributed by atoms with Crippen LogP contribution in [0.4, 0.5) is 10.5 Å². The molecule has 0 saturated heterocycles. The molecule has 0 spiro atoms. The highest BCUT2D eigenvalue weighted by Gasteiger charge is 2.12. The Bertz CT molecular complexity index is 805. The van der Waals surface area contributed by atoms with Crippen LogP contribution in [0.15, 0.2) is 34.8 Å². The van der Waals surface area contributed by atoms with Gasteiger partial charge in [-0.2, -0.15) is 0 Å². The van der Waals surface area contributed by atoms with Gasteiger partial charge in [-0.25, -0.2) is 4.79 Å². The number of carbonyl (C=O) groups excluding carboxylic acids is 1. The summed E-state index contributed by atoms with van der Waals surface area (Å²) in [7, 11) is 2.99. The Labute approximate surface area is 176 Å². The van der Waals surface area contributed by atoms with Gasteiger partial charge in [0.1, 0.15) is 17.2 Å². The summed E-state index contributed by atoms with van der Waals surface area (Å²) in [4.78, 5) is 12.1. The fraction of sp³-hybridized carbons (Fsp3) is 0.278. The molecular formula is C18H19BrCl2N2O4. The van der Waals surface area contributed by atoms with E-state index in [-0.39, 0.29) is 6.03 Å². The molecule has 6 nitrogen and oxygen atoms in total. The van der Waals surface area contributed by atoms with Gasteiger partial charge in [-0.1, -0.05) is 39.1 Å². The fourth-order valence-electron chi connectivity index (χ4n) is 2.17. The minimum absolute atomic E-state index is 0.376. The van der Waals surface area contributed by atoms with Crippen LogP contribution in [-0.2, 0) is 0 Å². The van der Waals surface area contributed by atoms with E-state index in [1.165, 1.54) is 14.2 Å². The lowest BCUT2D eigenvalue weighted by molar-refractivity contribution is 0.250. The van der Waals surface area contributed by atoms with E-state index in [0.29, 0.717) is 52.6 Å². The highest BCUT2D eigenvalue weighted by Crippen LogP contribution is 2.35. The average Bonchev–Trinajstić information content (AvgIpc) is 2.64. The number of methoxy groups -OCH3 is 2. The van der Waals surface area contributed by atoms with Crippen LogP contribution in [0.25, 0.3) is 0 Å². The molecule has 146 valence electrons. The third-order valence-electron chi connectivity index (χ3n) is 3.48. The van der Waals surface area contributed by atoms with Crippen LogP contribution in [0.5, 0.6) is 17.2 Å². The number of hydrogen-bond acceptors (Lipinski definition) is 4. The molecular weight excluding hydrogens is 459 g/mol. The number of anilines is 1. The van der Waals surface area contributed by atoms with Crippen molar-refractivity contribution in [3.05, 3.63) is 44.8 Å².